The minimum Gasteiger partial charge on any atom is -0.456 e. The second-order valence-corrected chi connectivity index (χ2v) is 42.7. The van der Waals surface area contributed by atoms with Gasteiger partial charge in [0, 0.05) is 61.8 Å². The molecule has 0 unspecified atom stereocenters. The Balaban J connectivity index is 1.27. The van der Waals surface area contributed by atoms with Gasteiger partial charge in [-0.25, -0.2) is 0 Å². The predicted molar refractivity (Wildman–Crippen MR) is 300 cm³/mol. The molecular weight excluding hydrogens is 869 g/mol. The highest BCUT2D eigenvalue weighted by Gasteiger charge is 2.29. The van der Waals surface area contributed by atoms with Crippen LogP contribution in [-0.2, 0) is 0 Å². The maximum Gasteiger partial charge on any atom is 0.160 e. The lowest BCUT2D eigenvalue weighted by molar-refractivity contribution is 0.663. The number of hydrogen-bond donors (Lipinski definition) is 0. The number of fused-ring (bicyclic) bond motifs is 9. The third-order valence-corrected chi connectivity index (χ3v) is 21.8. The molecule has 0 fully saturated rings. The van der Waals surface area contributed by atoms with Crippen molar-refractivity contribution in [3.63, 3.8) is 0 Å². The molecule has 8 aromatic carbocycles. The van der Waals surface area contributed by atoms with Gasteiger partial charge in [-0.15, -0.1) is 0 Å². The first-order valence-electron chi connectivity index (χ1n) is 23.5. The predicted octanol–water partition coefficient (Wildman–Crippen LogP) is 15.8. The lowest BCUT2D eigenvalue weighted by Gasteiger charge is -2.28. The van der Waals surface area contributed by atoms with Crippen LogP contribution in [0.2, 0.25) is 78.6 Å². The SMILES string of the molecule is C[Si](C)(C)c1ccc(N(c2ccc([Si](C)(C)C)cc2)c2cc3oc4cc(N(c5ccc([Si](C)(C)C)cc5)c5ccc([Si](C)(C)C)cc5)c5oc6ccccc6c5c4c3c3ccccc23)cc1. The van der Waals surface area contributed by atoms with Crippen LogP contribution in [0.1, 0.15) is 0 Å². The minimum absolute atomic E-state index is 0.828. The molecule has 0 aliphatic rings. The number of anilines is 6. The van der Waals surface area contributed by atoms with Crippen molar-refractivity contribution >= 4 is 142 Å². The van der Waals surface area contributed by atoms with Crippen LogP contribution in [0.4, 0.5) is 34.1 Å². The Bertz CT molecular complexity index is 3320. The van der Waals surface area contributed by atoms with Gasteiger partial charge in [0.25, 0.3) is 0 Å². The first-order chi connectivity index (χ1) is 31.3. The van der Waals surface area contributed by atoms with Gasteiger partial charge in [0.2, 0.25) is 0 Å². The largest absolute Gasteiger partial charge is 0.456 e. The molecule has 0 atom stereocenters. The third-order valence-electron chi connectivity index (χ3n) is 13.5. The third kappa shape index (κ3) is 7.77. The zero-order valence-electron chi connectivity index (χ0n) is 40.7. The summed E-state index contributed by atoms with van der Waals surface area (Å²) in [5.74, 6) is 0. The number of rotatable bonds is 10. The van der Waals surface area contributed by atoms with Gasteiger partial charge in [0.15, 0.2) is 5.58 Å². The normalized spacial score (nSPS) is 12.8. The van der Waals surface area contributed by atoms with E-state index in [9.17, 15) is 0 Å². The first-order valence-corrected chi connectivity index (χ1v) is 37.5. The Kier molecular flexibility index (Phi) is 10.6. The topological polar surface area (TPSA) is 32.8 Å². The fourth-order valence-corrected chi connectivity index (χ4v) is 14.3. The molecule has 0 aliphatic carbocycles. The molecule has 0 saturated heterocycles. The van der Waals surface area contributed by atoms with Gasteiger partial charge < -0.3 is 18.6 Å². The lowest BCUT2D eigenvalue weighted by Crippen LogP contribution is -2.37. The van der Waals surface area contributed by atoms with Crippen LogP contribution in [0, 0.1) is 0 Å². The highest BCUT2D eigenvalue weighted by atomic mass is 28.3. The van der Waals surface area contributed by atoms with Gasteiger partial charge in [-0.3, -0.25) is 0 Å². The smallest absolute Gasteiger partial charge is 0.160 e. The number of furan rings is 2. The highest BCUT2D eigenvalue weighted by molar-refractivity contribution is 6.90. The molecule has 2 aromatic heterocycles. The van der Waals surface area contributed by atoms with Crippen molar-refractivity contribution in [2.75, 3.05) is 9.80 Å². The first kappa shape index (κ1) is 44.0. The molecule has 0 aliphatic heterocycles. The highest BCUT2D eigenvalue weighted by Crippen LogP contribution is 2.51. The average molecular weight is 931 g/mol. The molecule has 66 heavy (non-hydrogen) atoms. The molecule has 2 heterocycles. The maximum atomic E-state index is 7.29. The second kappa shape index (κ2) is 15.9. The molecule has 0 radical (unpaired) electrons. The lowest BCUT2D eigenvalue weighted by atomic mass is 9.98. The van der Waals surface area contributed by atoms with E-state index < -0.39 is 32.3 Å². The molecule has 0 amide bonds. The Morgan fingerprint density at radius 1 is 0.303 bits per heavy atom. The summed E-state index contributed by atoms with van der Waals surface area (Å²) in [4.78, 5) is 4.81. The average Bonchev–Trinajstić information content (AvgIpc) is 3.85. The van der Waals surface area contributed by atoms with Gasteiger partial charge in [-0.05, 0) is 60.0 Å². The van der Waals surface area contributed by atoms with Crippen LogP contribution >= 0.6 is 0 Å². The summed E-state index contributed by atoms with van der Waals surface area (Å²) in [6.07, 6.45) is 0. The molecule has 8 heteroatoms. The summed E-state index contributed by atoms with van der Waals surface area (Å²) in [6, 6.07) is 59.0. The van der Waals surface area contributed by atoms with E-state index >= 15 is 0 Å². The van der Waals surface area contributed by atoms with Crippen molar-refractivity contribution in [3.8, 4) is 0 Å². The summed E-state index contributed by atoms with van der Waals surface area (Å²) in [5, 5.41) is 12.4. The van der Waals surface area contributed by atoms with Crippen LogP contribution in [0.5, 0.6) is 0 Å². The van der Waals surface area contributed by atoms with Crippen molar-refractivity contribution in [2.24, 2.45) is 0 Å². The van der Waals surface area contributed by atoms with Crippen molar-refractivity contribution in [3.05, 3.63) is 158 Å². The monoisotopic (exact) mass is 930 g/mol. The Hall–Kier alpha value is -5.91. The molecule has 0 spiro atoms. The van der Waals surface area contributed by atoms with E-state index in [2.05, 4.69) is 246 Å². The number of benzene rings is 8. The van der Waals surface area contributed by atoms with Crippen molar-refractivity contribution in [1.29, 1.82) is 0 Å². The van der Waals surface area contributed by atoms with Gasteiger partial charge >= 0.3 is 0 Å². The molecule has 10 aromatic rings. The van der Waals surface area contributed by atoms with Crippen molar-refractivity contribution < 1.29 is 8.83 Å². The minimum atomic E-state index is -1.55. The zero-order chi connectivity index (χ0) is 46.5. The number of nitrogens with zero attached hydrogens (tertiary/aromatic N) is 2. The molecule has 0 N–H and O–H groups in total. The van der Waals surface area contributed by atoms with E-state index in [-0.39, 0.29) is 0 Å². The Labute approximate surface area is 394 Å². The maximum absolute atomic E-state index is 7.29. The van der Waals surface area contributed by atoms with Crippen LogP contribution < -0.4 is 30.5 Å². The van der Waals surface area contributed by atoms with Gasteiger partial charge in [-0.1, -0.05) is 190 Å². The van der Waals surface area contributed by atoms with Crippen LogP contribution in [0.3, 0.4) is 0 Å². The molecular formula is C58H62N2O2Si4. The molecule has 4 nitrogen and oxygen atoms in total. The summed E-state index contributed by atoms with van der Waals surface area (Å²) in [6.45, 7) is 28.9. The molecule has 10 rings (SSSR count). The number of hydrogen-bond acceptors (Lipinski definition) is 4. The Morgan fingerprint density at radius 2 is 0.652 bits per heavy atom. The van der Waals surface area contributed by atoms with E-state index in [4.69, 9.17) is 8.83 Å². The van der Waals surface area contributed by atoms with Crippen molar-refractivity contribution in [1.82, 2.24) is 0 Å². The molecule has 332 valence electrons. The zero-order valence-corrected chi connectivity index (χ0v) is 44.7. The van der Waals surface area contributed by atoms with Gasteiger partial charge in [-0.2, -0.15) is 0 Å². The van der Waals surface area contributed by atoms with Gasteiger partial charge in [0.1, 0.15) is 16.7 Å². The number of para-hydroxylation sites is 1. The van der Waals surface area contributed by atoms with E-state index in [1.54, 1.807) is 0 Å². The molecule has 0 bridgehead atoms. The van der Waals surface area contributed by atoms with Crippen LogP contribution in [0.15, 0.2) is 167 Å². The molecule has 0 saturated carbocycles. The standard InChI is InChI=1S/C58H62N2O2Si4/c1-63(2,3)43-29-21-39(22-30-43)59(40-23-31-44(32-24-40)64(4,5)6)50-37-53-55(48-18-14-13-17-47(48)50)57-54(61-53)38-51(58-56(57)49-19-15-16-20-52(49)62-58)60(41-25-33-45(34-26-41)65(7,8)9)42-27-35-46(36-28-42)66(10,11)12/h13-38H,1-12H3. The van der Waals surface area contributed by atoms with E-state index in [0.717, 1.165) is 88.8 Å². The Morgan fingerprint density at radius 3 is 1.08 bits per heavy atom. The fourth-order valence-electron chi connectivity index (χ4n) is 9.62. The van der Waals surface area contributed by atoms with E-state index in [1.807, 2.05) is 0 Å². The second-order valence-electron chi connectivity index (χ2n) is 22.3. The quantitative estimate of drug-likeness (QED) is 0.128. The van der Waals surface area contributed by atoms with Gasteiger partial charge in [0.05, 0.1) is 43.7 Å². The fraction of sp³-hybridized carbons (Fsp3) is 0.207. The summed E-state index contributed by atoms with van der Waals surface area (Å²) in [5.41, 5.74) is 9.81. The van der Waals surface area contributed by atoms with Crippen LogP contribution in [0.25, 0.3) is 54.6 Å². The van der Waals surface area contributed by atoms with E-state index in [0.29, 0.717) is 0 Å². The summed E-state index contributed by atoms with van der Waals surface area (Å²) in [7, 11) is -6.15. The van der Waals surface area contributed by atoms with E-state index in [1.165, 1.54) is 20.7 Å². The summed E-state index contributed by atoms with van der Waals surface area (Å²) >= 11 is 0. The summed E-state index contributed by atoms with van der Waals surface area (Å²) < 4.78 is 14.4. The van der Waals surface area contributed by atoms with Crippen molar-refractivity contribution in [2.45, 2.75) is 78.6 Å². The van der Waals surface area contributed by atoms with Crippen LogP contribution in [-0.4, -0.2) is 32.3 Å².